The number of nitrogens with zero attached hydrogens (tertiary/aromatic N) is 3. The molecular formula is C21H23N7O2. The van der Waals surface area contributed by atoms with Crippen molar-refractivity contribution in [3.8, 4) is 11.3 Å². The van der Waals surface area contributed by atoms with Crippen LogP contribution in [0.25, 0.3) is 11.3 Å². The monoisotopic (exact) mass is 405 g/mol. The zero-order valence-corrected chi connectivity index (χ0v) is 16.6. The molecule has 1 fully saturated rings. The van der Waals surface area contributed by atoms with Crippen molar-refractivity contribution in [2.45, 2.75) is 0 Å². The molecule has 0 aliphatic carbocycles. The number of carbonyl (C=O) groups is 1. The molecule has 2 aromatic heterocycles. The van der Waals surface area contributed by atoms with Crippen molar-refractivity contribution in [3.63, 3.8) is 0 Å². The number of pyridine rings is 1. The third-order valence-electron chi connectivity index (χ3n) is 4.94. The average molecular weight is 405 g/mol. The third-order valence-corrected chi connectivity index (χ3v) is 4.94. The van der Waals surface area contributed by atoms with Gasteiger partial charge in [-0.15, -0.1) is 0 Å². The number of hydrogen-bond donors (Lipinski definition) is 4. The van der Waals surface area contributed by atoms with Gasteiger partial charge in [0.1, 0.15) is 5.69 Å². The van der Waals surface area contributed by atoms with Crippen molar-refractivity contribution in [3.05, 3.63) is 64.7 Å². The van der Waals surface area contributed by atoms with E-state index in [4.69, 9.17) is 0 Å². The number of aromatic amines is 1. The summed E-state index contributed by atoms with van der Waals surface area (Å²) in [7, 11) is 1.73. The first-order chi connectivity index (χ1) is 14.6. The van der Waals surface area contributed by atoms with Crippen molar-refractivity contribution in [2.24, 2.45) is 0 Å². The number of rotatable bonds is 5. The van der Waals surface area contributed by atoms with Gasteiger partial charge in [0.25, 0.3) is 11.5 Å². The molecule has 0 radical (unpaired) electrons. The summed E-state index contributed by atoms with van der Waals surface area (Å²) in [6.07, 6.45) is 3.18. The van der Waals surface area contributed by atoms with E-state index >= 15 is 0 Å². The Kier molecular flexibility index (Phi) is 5.71. The summed E-state index contributed by atoms with van der Waals surface area (Å²) in [5, 5.41) is 8.89. The minimum atomic E-state index is -0.382. The number of aromatic nitrogens is 3. The van der Waals surface area contributed by atoms with Crippen molar-refractivity contribution >= 4 is 23.2 Å². The quantitative estimate of drug-likeness (QED) is 0.509. The van der Waals surface area contributed by atoms with Crippen molar-refractivity contribution in [1.29, 1.82) is 0 Å². The molecule has 4 rings (SSSR count). The second-order valence-corrected chi connectivity index (χ2v) is 6.88. The Bertz CT molecular complexity index is 1090. The summed E-state index contributed by atoms with van der Waals surface area (Å²) >= 11 is 0. The number of benzene rings is 1. The number of carbonyl (C=O) groups excluding carboxylic acids is 1. The highest BCUT2D eigenvalue weighted by Crippen LogP contribution is 2.20. The second-order valence-electron chi connectivity index (χ2n) is 6.88. The van der Waals surface area contributed by atoms with Crippen LogP contribution >= 0.6 is 0 Å². The van der Waals surface area contributed by atoms with Crippen LogP contribution in [0, 0.1) is 0 Å². The standard InChI is InChI=1S/C21H23N7O2/c1-22-21-24-7-6-17(27-21)15-12-18(20(30)25-13-15)26-19(29)14-2-4-16(5-3-14)28-10-8-23-9-11-28/h2-7,12-13,23H,8-11H2,1H3,(H,25,30)(H,26,29)(H,22,24,27). The van der Waals surface area contributed by atoms with Crippen LogP contribution in [0.3, 0.4) is 0 Å². The van der Waals surface area contributed by atoms with Crippen LogP contribution in [0.4, 0.5) is 17.3 Å². The summed E-state index contributed by atoms with van der Waals surface area (Å²) in [5.41, 5.74) is 2.63. The Labute approximate surface area is 173 Å². The van der Waals surface area contributed by atoms with E-state index in [9.17, 15) is 9.59 Å². The highest BCUT2D eigenvalue weighted by atomic mass is 16.2. The lowest BCUT2D eigenvalue weighted by Gasteiger charge is -2.29. The van der Waals surface area contributed by atoms with E-state index in [1.165, 1.54) is 0 Å². The molecule has 4 N–H and O–H groups in total. The summed E-state index contributed by atoms with van der Waals surface area (Å²) in [6.45, 7) is 3.77. The van der Waals surface area contributed by atoms with Crippen molar-refractivity contribution in [1.82, 2.24) is 20.3 Å². The molecule has 30 heavy (non-hydrogen) atoms. The average Bonchev–Trinajstić information content (AvgIpc) is 2.81. The molecule has 1 aliphatic heterocycles. The SMILES string of the molecule is CNc1nccc(-c2c[nH]c(=O)c(NC(=O)c3ccc(N4CCNCC4)cc3)c2)n1. The van der Waals surface area contributed by atoms with Gasteiger partial charge in [-0.2, -0.15) is 0 Å². The predicted molar refractivity (Wildman–Crippen MR) is 117 cm³/mol. The van der Waals surface area contributed by atoms with Crippen molar-refractivity contribution < 1.29 is 4.79 Å². The molecule has 1 amide bonds. The number of H-pyrrole nitrogens is 1. The zero-order chi connectivity index (χ0) is 20.9. The van der Waals surface area contributed by atoms with Gasteiger partial charge in [-0.3, -0.25) is 9.59 Å². The fraction of sp³-hybridized carbons (Fsp3) is 0.238. The van der Waals surface area contributed by atoms with Crippen LogP contribution in [-0.4, -0.2) is 54.1 Å². The van der Waals surface area contributed by atoms with E-state index in [1.54, 1.807) is 43.7 Å². The first kappa shape index (κ1) is 19.6. The molecule has 0 atom stereocenters. The van der Waals surface area contributed by atoms with Gasteiger partial charge in [-0.05, 0) is 36.4 Å². The summed E-state index contributed by atoms with van der Waals surface area (Å²) in [4.78, 5) is 38.3. The summed E-state index contributed by atoms with van der Waals surface area (Å²) in [5.74, 6) is 0.122. The maximum absolute atomic E-state index is 12.7. The first-order valence-electron chi connectivity index (χ1n) is 9.75. The molecule has 0 unspecified atom stereocenters. The molecular weight excluding hydrogens is 382 g/mol. The summed E-state index contributed by atoms with van der Waals surface area (Å²) in [6, 6.07) is 10.7. The van der Waals surface area contributed by atoms with Gasteiger partial charge in [0.05, 0.1) is 5.69 Å². The zero-order valence-electron chi connectivity index (χ0n) is 16.6. The second kappa shape index (κ2) is 8.75. The molecule has 154 valence electrons. The van der Waals surface area contributed by atoms with Gasteiger partial charge in [0.2, 0.25) is 5.95 Å². The van der Waals surface area contributed by atoms with E-state index in [0.29, 0.717) is 22.8 Å². The normalized spacial score (nSPS) is 13.7. The summed E-state index contributed by atoms with van der Waals surface area (Å²) < 4.78 is 0. The van der Waals surface area contributed by atoms with Crippen LogP contribution in [0.1, 0.15) is 10.4 Å². The molecule has 3 aromatic rings. The highest BCUT2D eigenvalue weighted by Gasteiger charge is 2.13. The fourth-order valence-corrected chi connectivity index (χ4v) is 3.31. The third kappa shape index (κ3) is 4.31. The number of piperazine rings is 1. The number of anilines is 3. The van der Waals surface area contributed by atoms with E-state index < -0.39 is 0 Å². The maximum Gasteiger partial charge on any atom is 0.271 e. The lowest BCUT2D eigenvalue weighted by atomic mass is 10.1. The van der Waals surface area contributed by atoms with Gasteiger partial charge in [-0.25, -0.2) is 9.97 Å². The van der Waals surface area contributed by atoms with Crippen LogP contribution in [0.5, 0.6) is 0 Å². The molecule has 1 aromatic carbocycles. The van der Waals surface area contributed by atoms with Crippen LogP contribution in [0.15, 0.2) is 53.6 Å². The first-order valence-corrected chi connectivity index (χ1v) is 9.75. The Morgan fingerprint density at radius 1 is 1.13 bits per heavy atom. The van der Waals surface area contributed by atoms with Crippen molar-refractivity contribution in [2.75, 3.05) is 48.8 Å². The highest BCUT2D eigenvalue weighted by molar-refractivity contribution is 6.04. The Morgan fingerprint density at radius 2 is 1.90 bits per heavy atom. The predicted octanol–water partition coefficient (Wildman–Crippen LogP) is 1.54. The molecule has 1 aliphatic rings. The lowest BCUT2D eigenvalue weighted by molar-refractivity contribution is 0.102. The Morgan fingerprint density at radius 3 is 2.63 bits per heavy atom. The van der Waals surface area contributed by atoms with Gasteiger partial charge >= 0.3 is 0 Å². The fourth-order valence-electron chi connectivity index (χ4n) is 3.31. The maximum atomic E-state index is 12.7. The number of amides is 1. The number of hydrogen-bond acceptors (Lipinski definition) is 7. The molecule has 0 saturated carbocycles. The van der Waals surface area contributed by atoms with E-state index in [1.807, 2.05) is 12.1 Å². The molecule has 0 spiro atoms. The van der Waals surface area contributed by atoms with Gasteiger partial charge in [0.15, 0.2) is 0 Å². The minimum absolute atomic E-state index is 0.160. The molecule has 3 heterocycles. The largest absolute Gasteiger partial charge is 0.369 e. The lowest BCUT2D eigenvalue weighted by Crippen LogP contribution is -2.43. The number of nitrogens with one attached hydrogen (secondary N) is 4. The van der Waals surface area contributed by atoms with Crippen LogP contribution < -0.4 is 26.4 Å². The van der Waals surface area contributed by atoms with Crippen LogP contribution in [-0.2, 0) is 0 Å². The molecule has 9 nitrogen and oxygen atoms in total. The minimum Gasteiger partial charge on any atom is -0.369 e. The smallest absolute Gasteiger partial charge is 0.271 e. The van der Waals surface area contributed by atoms with Gasteiger partial charge in [0, 0.05) is 62.4 Å². The molecule has 1 saturated heterocycles. The molecule has 9 heteroatoms. The van der Waals surface area contributed by atoms with E-state index in [0.717, 1.165) is 31.9 Å². The van der Waals surface area contributed by atoms with Gasteiger partial charge in [-0.1, -0.05) is 0 Å². The molecule has 0 bridgehead atoms. The van der Waals surface area contributed by atoms with E-state index in [-0.39, 0.29) is 17.2 Å². The Hall–Kier alpha value is -3.72. The van der Waals surface area contributed by atoms with E-state index in [2.05, 4.69) is 35.8 Å². The Balaban J connectivity index is 1.52. The topological polar surface area (TPSA) is 115 Å². The van der Waals surface area contributed by atoms with Crippen LogP contribution in [0.2, 0.25) is 0 Å². The van der Waals surface area contributed by atoms with Gasteiger partial charge < -0.3 is 25.8 Å².